The molecular weight excluding hydrogens is 260 g/mol. The molecule has 2 heteroatoms. The van der Waals surface area contributed by atoms with E-state index < -0.39 is 0 Å². The van der Waals surface area contributed by atoms with Gasteiger partial charge in [-0.15, -0.1) is 0 Å². The number of benzene rings is 1. The summed E-state index contributed by atoms with van der Waals surface area (Å²) in [4.78, 5) is 0. The van der Waals surface area contributed by atoms with Gasteiger partial charge in [0.15, 0.2) is 0 Å². The average Bonchev–Trinajstić information content (AvgIpc) is 2.75. The Morgan fingerprint density at radius 3 is 2.67 bits per heavy atom. The van der Waals surface area contributed by atoms with Crippen LogP contribution in [0.3, 0.4) is 0 Å². The molecule has 2 N–H and O–H groups in total. The number of fused-ring (bicyclic) bond motifs is 5. The molecule has 0 saturated heterocycles. The van der Waals surface area contributed by atoms with Crippen molar-refractivity contribution in [3.8, 4) is 5.75 Å². The van der Waals surface area contributed by atoms with E-state index in [0.717, 1.165) is 19.3 Å². The lowest BCUT2D eigenvalue weighted by atomic mass is 9.48. The molecule has 114 valence electrons. The molecule has 4 rings (SSSR count). The summed E-state index contributed by atoms with van der Waals surface area (Å²) >= 11 is 0. The van der Waals surface area contributed by atoms with Crippen molar-refractivity contribution in [2.24, 2.45) is 16.7 Å². The summed E-state index contributed by atoms with van der Waals surface area (Å²) < 4.78 is 0. The summed E-state index contributed by atoms with van der Waals surface area (Å²) in [5.41, 5.74) is 3.25. The zero-order valence-corrected chi connectivity index (χ0v) is 13.1. The highest BCUT2D eigenvalue weighted by molar-refractivity contribution is 5.41. The fourth-order valence-corrected chi connectivity index (χ4v) is 6.08. The van der Waals surface area contributed by atoms with E-state index in [-0.39, 0.29) is 11.5 Å². The number of rotatable bonds is 0. The smallest absolute Gasteiger partial charge is 0.115 e. The molecule has 2 fully saturated rings. The predicted molar refractivity (Wildman–Crippen MR) is 83.3 cm³/mol. The van der Waals surface area contributed by atoms with Gasteiger partial charge in [0.2, 0.25) is 0 Å². The molecule has 0 aromatic heterocycles. The molecule has 2 nitrogen and oxygen atoms in total. The molecule has 2 unspecified atom stereocenters. The zero-order chi connectivity index (χ0) is 14.8. The Hall–Kier alpha value is -1.02. The van der Waals surface area contributed by atoms with Crippen LogP contribution in [0.1, 0.15) is 63.0 Å². The first-order valence-corrected chi connectivity index (χ1v) is 8.45. The highest BCUT2D eigenvalue weighted by Crippen LogP contribution is 2.66. The Morgan fingerprint density at radius 2 is 1.86 bits per heavy atom. The molecule has 5 atom stereocenters. The van der Waals surface area contributed by atoms with E-state index in [4.69, 9.17) is 0 Å². The van der Waals surface area contributed by atoms with E-state index in [1.165, 1.54) is 30.4 Å². The van der Waals surface area contributed by atoms with Crippen LogP contribution in [0.5, 0.6) is 5.75 Å². The predicted octanol–water partition coefficient (Wildman–Crippen LogP) is 4.00. The maximum absolute atomic E-state index is 10.5. The third-order valence-electron chi connectivity index (χ3n) is 7.28. The molecule has 1 aromatic rings. The summed E-state index contributed by atoms with van der Waals surface area (Å²) in [6.07, 6.45) is 6.63. The topological polar surface area (TPSA) is 40.5 Å². The maximum atomic E-state index is 10.5. The molecular formula is C19H26O2. The highest BCUT2D eigenvalue weighted by Gasteiger charge is 2.59. The normalized spacial score (nSPS) is 44.8. The molecule has 3 aliphatic rings. The monoisotopic (exact) mass is 286 g/mol. The lowest BCUT2D eigenvalue weighted by Gasteiger charge is -2.57. The largest absolute Gasteiger partial charge is 0.508 e. The van der Waals surface area contributed by atoms with Crippen molar-refractivity contribution in [1.82, 2.24) is 0 Å². The second kappa shape index (κ2) is 4.25. The van der Waals surface area contributed by atoms with Gasteiger partial charge in [-0.1, -0.05) is 19.9 Å². The number of hydrogen-bond acceptors (Lipinski definition) is 2. The number of phenolic OH excluding ortho intramolecular Hbond substituents is 1. The summed E-state index contributed by atoms with van der Waals surface area (Å²) in [7, 11) is 0. The van der Waals surface area contributed by atoms with Gasteiger partial charge in [0.05, 0.1) is 6.10 Å². The SMILES string of the molecule is C[C@@]12CCc3cc(O)ccc3C1CC[C@@]1(C)C2CC[C@@H]1O. The van der Waals surface area contributed by atoms with Crippen molar-refractivity contribution in [3.05, 3.63) is 29.3 Å². The molecule has 21 heavy (non-hydrogen) atoms. The van der Waals surface area contributed by atoms with Crippen LogP contribution in [0.25, 0.3) is 0 Å². The van der Waals surface area contributed by atoms with Crippen LogP contribution in [0.4, 0.5) is 0 Å². The van der Waals surface area contributed by atoms with Crippen LogP contribution in [0.15, 0.2) is 18.2 Å². The number of aliphatic hydroxyl groups excluding tert-OH is 1. The number of aromatic hydroxyl groups is 1. The minimum absolute atomic E-state index is 0.110. The summed E-state index contributed by atoms with van der Waals surface area (Å²) in [6, 6.07) is 5.97. The lowest BCUT2D eigenvalue weighted by molar-refractivity contribution is -0.0666. The number of aliphatic hydroxyl groups is 1. The van der Waals surface area contributed by atoms with Crippen molar-refractivity contribution >= 4 is 0 Å². The molecule has 0 bridgehead atoms. The molecule has 0 heterocycles. The van der Waals surface area contributed by atoms with Crippen molar-refractivity contribution in [2.75, 3.05) is 0 Å². The van der Waals surface area contributed by atoms with Gasteiger partial charge in [-0.2, -0.15) is 0 Å². The molecule has 0 amide bonds. The lowest BCUT2D eigenvalue weighted by Crippen LogP contribution is -2.50. The Kier molecular flexibility index (Phi) is 2.76. The van der Waals surface area contributed by atoms with Crippen molar-refractivity contribution < 1.29 is 10.2 Å². The first-order chi connectivity index (χ1) is 9.95. The molecule has 0 spiro atoms. The standard InChI is InChI=1S/C19H26O2/c1-18-9-7-12-11-13(20)3-4-14(12)15(18)8-10-19(2)16(18)5-6-17(19)21/h3-4,11,15-17,20-21H,5-10H2,1-2H3/t15?,16?,17-,18+,19-/m0/s1. The minimum Gasteiger partial charge on any atom is -0.508 e. The van der Waals surface area contributed by atoms with E-state index in [2.05, 4.69) is 19.9 Å². The Balaban J connectivity index is 1.78. The van der Waals surface area contributed by atoms with E-state index in [1.54, 1.807) is 0 Å². The quantitative estimate of drug-likeness (QED) is 0.757. The van der Waals surface area contributed by atoms with Crippen LogP contribution < -0.4 is 0 Å². The van der Waals surface area contributed by atoms with Gasteiger partial charge in [0, 0.05) is 0 Å². The molecule has 0 aliphatic heterocycles. The third-order valence-corrected chi connectivity index (χ3v) is 7.28. The van der Waals surface area contributed by atoms with E-state index in [9.17, 15) is 10.2 Å². The number of aryl methyl sites for hydroxylation is 1. The van der Waals surface area contributed by atoms with Gasteiger partial charge in [-0.3, -0.25) is 0 Å². The molecule has 3 aliphatic carbocycles. The Labute approximate surface area is 127 Å². The van der Waals surface area contributed by atoms with Gasteiger partial charge in [0.25, 0.3) is 0 Å². The van der Waals surface area contributed by atoms with Gasteiger partial charge < -0.3 is 10.2 Å². The second-order valence-corrected chi connectivity index (χ2v) is 8.13. The minimum atomic E-state index is -0.110. The van der Waals surface area contributed by atoms with Crippen LogP contribution >= 0.6 is 0 Å². The summed E-state index contributed by atoms with van der Waals surface area (Å²) in [5.74, 6) is 1.64. The number of hydrogen-bond donors (Lipinski definition) is 2. The Bertz CT molecular complexity index is 581. The van der Waals surface area contributed by atoms with E-state index in [1.807, 2.05) is 12.1 Å². The first-order valence-electron chi connectivity index (χ1n) is 8.45. The number of phenols is 1. The summed E-state index contributed by atoms with van der Waals surface area (Å²) in [6.45, 7) is 4.79. The fraction of sp³-hybridized carbons (Fsp3) is 0.684. The van der Waals surface area contributed by atoms with Crippen LogP contribution in [-0.4, -0.2) is 16.3 Å². The summed E-state index contributed by atoms with van der Waals surface area (Å²) in [5, 5.41) is 20.2. The second-order valence-electron chi connectivity index (χ2n) is 8.13. The van der Waals surface area contributed by atoms with Crippen molar-refractivity contribution in [1.29, 1.82) is 0 Å². The van der Waals surface area contributed by atoms with Gasteiger partial charge in [0.1, 0.15) is 5.75 Å². The zero-order valence-electron chi connectivity index (χ0n) is 13.1. The van der Waals surface area contributed by atoms with Crippen LogP contribution in [0.2, 0.25) is 0 Å². The molecule has 0 radical (unpaired) electrons. The Morgan fingerprint density at radius 1 is 1.05 bits per heavy atom. The molecule has 2 saturated carbocycles. The van der Waals surface area contributed by atoms with Gasteiger partial charge in [-0.05, 0) is 84.5 Å². The van der Waals surface area contributed by atoms with E-state index >= 15 is 0 Å². The van der Waals surface area contributed by atoms with Crippen molar-refractivity contribution in [2.45, 2.75) is 64.4 Å². The van der Waals surface area contributed by atoms with Gasteiger partial charge >= 0.3 is 0 Å². The van der Waals surface area contributed by atoms with E-state index in [0.29, 0.717) is 23.0 Å². The van der Waals surface area contributed by atoms with Crippen LogP contribution in [0, 0.1) is 16.7 Å². The van der Waals surface area contributed by atoms with Crippen LogP contribution in [-0.2, 0) is 6.42 Å². The average molecular weight is 286 g/mol. The van der Waals surface area contributed by atoms with Crippen molar-refractivity contribution in [3.63, 3.8) is 0 Å². The first kappa shape index (κ1) is 13.6. The molecule has 1 aromatic carbocycles. The van der Waals surface area contributed by atoms with Gasteiger partial charge in [-0.25, -0.2) is 0 Å². The highest BCUT2D eigenvalue weighted by atomic mass is 16.3. The maximum Gasteiger partial charge on any atom is 0.115 e. The third kappa shape index (κ3) is 1.69. The fourth-order valence-electron chi connectivity index (χ4n) is 6.08.